The Labute approximate surface area is 128 Å². The molecule has 0 fully saturated rings. The fraction of sp³-hybridized carbons (Fsp3) is 0.250. The Bertz CT molecular complexity index is 813. The van der Waals surface area contributed by atoms with Gasteiger partial charge in [-0.25, -0.2) is 4.98 Å². The summed E-state index contributed by atoms with van der Waals surface area (Å²) in [6.07, 6.45) is 3.51. The standard InChI is InChI=1S/C16H16N6/c1-11(2)15(19-13-7-6-12(9-17)10-18-13)16-21-20-14-5-3-4-8-22(14)16/h3-8,10-11,15H,1-2H3,(H,18,19)/t15-/m1/s1. The number of rotatable bonds is 4. The fourth-order valence-corrected chi connectivity index (χ4v) is 2.31. The Hall–Kier alpha value is -2.94. The number of nitriles is 1. The molecule has 3 rings (SSSR count). The van der Waals surface area contributed by atoms with Crippen LogP contribution in [0.5, 0.6) is 0 Å². The summed E-state index contributed by atoms with van der Waals surface area (Å²) >= 11 is 0. The molecule has 0 aliphatic rings. The van der Waals surface area contributed by atoms with Crippen molar-refractivity contribution in [1.29, 1.82) is 5.26 Å². The molecule has 110 valence electrons. The normalized spacial score (nSPS) is 12.3. The minimum Gasteiger partial charge on any atom is -0.360 e. The predicted octanol–water partition coefficient (Wildman–Crippen LogP) is 2.81. The lowest BCUT2D eigenvalue weighted by molar-refractivity contribution is 0.516. The van der Waals surface area contributed by atoms with Crippen molar-refractivity contribution in [2.75, 3.05) is 5.32 Å². The number of aromatic nitrogens is 4. The van der Waals surface area contributed by atoms with Crippen LogP contribution in [0, 0.1) is 17.2 Å². The Balaban J connectivity index is 1.94. The molecule has 0 spiro atoms. The van der Waals surface area contributed by atoms with Crippen LogP contribution < -0.4 is 5.32 Å². The van der Waals surface area contributed by atoms with Crippen LogP contribution in [0.3, 0.4) is 0 Å². The molecule has 0 saturated heterocycles. The summed E-state index contributed by atoms with van der Waals surface area (Å²) in [5.41, 5.74) is 1.36. The highest BCUT2D eigenvalue weighted by Crippen LogP contribution is 2.24. The van der Waals surface area contributed by atoms with Gasteiger partial charge in [-0.15, -0.1) is 10.2 Å². The fourth-order valence-electron chi connectivity index (χ4n) is 2.31. The third kappa shape index (κ3) is 2.61. The predicted molar refractivity (Wildman–Crippen MR) is 83.1 cm³/mol. The van der Waals surface area contributed by atoms with Crippen molar-refractivity contribution in [3.8, 4) is 6.07 Å². The van der Waals surface area contributed by atoms with Gasteiger partial charge < -0.3 is 5.32 Å². The van der Waals surface area contributed by atoms with Gasteiger partial charge >= 0.3 is 0 Å². The van der Waals surface area contributed by atoms with Crippen LogP contribution in [0.4, 0.5) is 5.82 Å². The topological polar surface area (TPSA) is 78.9 Å². The van der Waals surface area contributed by atoms with Gasteiger partial charge in [-0.05, 0) is 30.2 Å². The van der Waals surface area contributed by atoms with Crippen molar-refractivity contribution in [2.45, 2.75) is 19.9 Å². The highest BCUT2D eigenvalue weighted by atomic mass is 15.3. The van der Waals surface area contributed by atoms with Crippen molar-refractivity contribution in [1.82, 2.24) is 19.6 Å². The average molecular weight is 292 g/mol. The van der Waals surface area contributed by atoms with Gasteiger partial charge in [-0.2, -0.15) is 5.26 Å². The first-order chi connectivity index (χ1) is 10.7. The van der Waals surface area contributed by atoms with Gasteiger partial charge in [-0.1, -0.05) is 19.9 Å². The lowest BCUT2D eigenvalue weighted by atomic mass is 10.0. The van der Waals surface area contributed by atoms with E-state index in [1.807, 2.05) is 28.8 Å². The first kappa shape index (κ1) is 14.0. The van der Waals surface area contributed by atoms with Gasteiger partial charge in [0, 0.05) is 12.4 Å². The van der Waals surface area contributed by atoms with Gasteiger partial charge in [0.2, 0.25) is 0 Å². The smallest absolute Gasteiger partial charge is 0.160 e. The molecule has 22 heavy (non-hydrogen) atoms. The first-order valence-corrected chi connectivity index (χ1v) is 7.11. The lowest BCUT2D eigenvalue weighted by Gasteiger charge is -2.21. The molecule has 0 unspecified atom stereocenters. The summed E-state index contributed by atoms with van der Waals surface area (Å²) in [6.45, 7) is 4.23. The quantitative estimate of drug-likeness (QED) is 0.800. The minimum atomic E-state index is -0.0298. The van der Waals surface area contributed by atoms with Crippen molar-refractivity contribution in [3.05, 3.63) is 54.1 Å². The molecule has 3 heterocycles. The molecule has 0 radical (unpaired) electrons. The van der Waals surface area contributed by atoms with Crippen molar-refractivity contribution in [3.63, 3.8) is 0 Å². The molecule has 0 amide bonds. The van der Waals surface area contributed by atoms with Gasteiger partial charge in [0.25, 0.3) is 0 Å². The summed E-state index contributed by atoms with van der Waals surface area (Å²) in [5.74, 6) is 1.85. The zero-order valence-corrected chi connectivity index (χ0v) is 12.4. The number of nitrogens with zero attached hydrogens (tertiary/aromatic N) is 5. The molecule has 0 aliphatic carbocycles. The van der Waals surface area contributed by atoms with Crippen LogP contribution >= 0.6 is 0 Å². The highest BCUT2D eigenvalue weighted by molar-refractivity contribution is 5.42. The van der Waals surface area contributed by atoms with E-state index in [9.17, 15) is 0 Å². The van der Waals surface area contributed by atoms with Gasteiger partial charge in [0.05, 0.1) is 11.6 Å². The van der Waals surface area contributed by atoms with Gasteiger partial charge in [-0.3, -0.25) is 4.40 Å². The second kappa shape index (κ2) is 5.82. The number of hydrogen-bond donors (Lipinski definition) is 1. The molecule has 0 aliphatic heterocycles. The van der Waals surface area contributed by atoms with E-state index in [1.165, 1.54) is 0 Å². The minimum absolute atomic E-state index is 0.0298. The van der Waals surface area contributed by atoms with Crippen LogP contribution in [0.2, 0.25) is 0 Å². The van der Waals surface area contributed by atoms with Crippen LogP contribution in [-0.2, 0) is 0 Å². The molecule has 1 N–H and O–H groups in total. The van der Waals surface area contributed by atoms with E-state index in [0.29, 0.717) is 17.3 Å². The molecular formula is C16H16N6. The maximum atomic E-state index is 8.84. The number of hydrogen-bond acceptors (Lipinski definition) is 5. The summed E-state index contributed by atoms with van der Waals surface area (Å²) in [4.78, 5) is 4.27. The van der Waals surface area contributed by atoms with Crippen LogP contribution in [0.1, 0.15) is 31.3 Å². The Morgan fingerprint density at radius 2 is 2.05 bits per heavy atom. The van der Waals surface area contributed by atoms with E-state index in [4.69, 9.17) is 5.26 Å². The second-order valence-corrected chi connectivity index (χ2v) is 5.40. The second-order valence-electron chi connectivity index (χ2n) is 5.40. The van der Waals surface area contributed by atoms with Crippen LogP contribution in [-0.4, -0.2) is 19.6 Å². The van der Waals surface area contributed by atoms with Crippen LogP contribution in [0.25, 0.3) is 5.65 Å². The third-order valence-electron chi connectivity index (χ3n) is 3.48. The van der Waals surface area contributed by atoms with Crippen molar-refractivity contribution >= 4 is 11.5 Å². The monoisotopic (exact) mass is 292 g/mol. The van der Waals surface area contributed by atoms with E-state index < -0.39 is 0 Å². The van der Waals surface area contributed by atoms with E-state index in [1.54, 1.807) is 18.3 Å². The van der Waals surface area contributed by atoms with Gasteiger partial charge in [0.1, 0.15) is 11.9 Å². The number of nitrogens with one attached hydrogen (secondary N) is 1. The summed E-state index contributed by atoms with van der Waals surface area (Å²) in [6, 6.07) is 11.4. The SMILES string of the molecule is CC(C)[C@@H](Nc1ccc(C#N)cn1)c1nnc2ccccn12. The van der Waals surface area contributed by atoms with E-state index in [0.717, 1.165) is 11.5 Å². The van der Waals surface area contributed by atoms with Crippen molar-refractivity contribution in [2.24, 2.45) is 5.92 Å². The molecular weight excluding hydrogens is 276 g/mol. The Morgan fingerprint density at radius 1 is 1.18 bits per heavy atom. The summed E-state index contributed by atoms with van der Waals surface area (Å²) < 4.78 is 1.97. The highest BCUT2D eigenvalue weighted by Gasteiger charge is 2.21. The first-order valence-electron chi connectivity index (χ1n) is 7.11. The van der Waals surface area contributed by atoms with E-state index in [-0.39, 0.29) is 6.04 Å². The molecule has 0 saturated carbocycles. The van der Waals surface area contributed by atoms with Crippen molar-refractivity contribution < 1.29 is 0 Å². The molecule has 6 heteroatoms. The number of pyridine rings is 2. The zero-order valence-electron chi connectivity index (χ0n) is 12.4. The largest absolute Gasteiger partial charge is 0.360 e. The summed E-state index contributed by atoms with van der Waals surface area (Å²) in [5, 5.41) is 20.7. The number of anilines is 1. The Morgan fingerprint density at radius 3 is 2.73 bits per heavy atom. The molecule has 0 aromatic carbocycles. The van der Waals surface area contributed by atoms with Gasteiger partial charge in [0.15, 0.2) is 11.5 Å². The zero-order chi connectivity index (χ0) is 15.5. The molecule has 1 atom stereocenters. The number of fused-ring (bicyclic) bond motifs is 1. The molecule has 6 nitrogen and oxygen atoms in total. The third-order valence-corrected chi connectivity index (χ3v) is 3.48. The van der Waals surface area contributed by atoms with E-state index in [2.05, 4.69) is 40.4 Å². The summed E-state index contributed by atoms with van der Waals surface area (Å²) in [7, 11) is 0. The lowest BCUT2D eigenvalue weighted by Crippen LogP contribution is -2.20. The Kier molecular flexibility index (Phi) is 3.71. The molecule has 0 bridgehead atoms. The molecule has 3 aromatic rings. The molecule has 3 aromatic heterocycles. The maximum Gasteiger partial charge on any atom is 0.160 e. The average Bonchev–Trinajstić information content (AvgIpc) is 2.96. The van der Waals surface area contributed by atoms with E-state index >= 15 is 0 Å². The van der Waals surface area contributed by atoms with Crippen LogP contribution in [0.15, 0.2) is 42.7 Å². The maximum absolute atomic E-state index is 8.84.